The van der Waals surface area contributed by atoms with Crippen molar-refractivity contribution >= 4 is 0 Å². The van der Waals surface area contributed by atoms with Gasteiger partial charge in [-0.25, -0.2) is 0 Å². The Morgan fingerprint density at radius 1 is 1.33 bits per heavy atom. The molecule has 1 aliphatic carbocycles. The fourth-order valence-electron chi connectivity index (χ4n) is 3.05. The molecule has 0 aliphatic heterocycles. The van der Waals surface area contributed by atoms with Gasteiger partial charge in [-0.2, -0.15) is 0 Å². The summed E-state index contributed by atoms with van der Waals surface area (Å²) in [5, 5.41) is 3.55. The Labute approximate surface area is 113 Å². The van der Waals surface area contributed by atoms with Gasteiger partial charge in [0.25, 0.3) is 0 Å². The molecule has 0 radical (unpaired) electrons. The zero-order valence-corrected chi connectivity index (χ0v) is 12.7. The van der Waals surface area contributed by atoms with Gasteiger partial charge in [0.15, 0.2) is 0 Å². The molecule has 0 spiro atoms. The Morgan fingerprint density at radius 3 is 2.50 bits per heavy atom. The van der Waals surface area contributed by atoms with E-state index in [4.69, 9.17) is 4.74 Å². The third-order valence-corrected chi connectivity index (χ3v) is 4.57. The number of likely N-dealkylation sites (N-methyl/N-ethyl adjacent to an activating group) is 1. The molecule has 2 unspecified atom stereocenters. The summed E-state index contributed by atoms with van der Waals surface area (Å²) in [5.74, 6) is 0.879. The van der Waals surface area contributed by atoms with Crippen molar-refractivity contribution in [2.24, 2.45) is 5.92 Å². The van der Waals surface area contributed by atoms with Gasteiger partial charge in [-0.15, -0.1) is 0 Å². The minimum absolute atomic E-state index is 0.650. The Kier molecular flexibility index (Phi) is 7.87. The number of ether oxygens (including phenoxy) is 1. The zero-order valence-electron chi connectivity index (χ0n) is 12.7. The predicted octanol–water partition coefficient (Wildman–Crippen LogP) is 2.51. The zero-order chi connectivity index (χ0) is 13.4. The molecule has 108 valence electrons. The van der Waals surface area contributed by atoms with Crippen LogP contribution in [-0.4, -0.2) is 50.8 Å². The van der Waals surface area contributed by atoms with Crippen LogP contribution in [0.2, 0.25) is 0 Å². The first-order valence-electron chi connectivity index (χ1n) is 7.63. The number of nitrogens with zero attached hydrogens (tertiary/aromatic N) is 1. The molecule has 1 fully saturated rings. The molecule has 0 heterocycles. The van der Waals surface area contributed by atoms with Gasteiger partial charge in [0.1, 0.15) is 0 Å². The maximum Gasteiger partial charge on any atom is 0.0589 e. The summed E-state index contributed by atoms with van der Waals surface area (Å²) in [6.07, 6.45) is 6.87. The highest BCUT2D eigenvalue weighted by molar-refractivity contribution is 4.83. The summed E-state index contributed by atoms with van der Waals surface area (Å²) in [4.78, 5) is 2.59. The van der Waals surface area contributed by atoms with Crippen LogP contribution in [0.5, 0.6) is 0 Å². The summed E-state index contributed by atoms with van der Waals surface area (Å²) in [7, 11) is 3.91. The Hall–Kier alpha value is -0.120. The number of nitrogens with one attached hydrogen (secondary N) is 1. The third-order valence-electron chi connectivity index (χ3n) is 4.57. The normalized spacial score (nSPS) is 20.5. The second-order valence-electron chi connectivity index (χ2n) is 5.68. The molecular weight excluding hydrogens is 224 g/mol. The summed E-state index contributed by atoms with van der Waals surface area (Å²) < 4.78 is 5.25. The number of hydrogen-bond acceptors (Lipinski definition) is 3. The van der Waals surface area contributed by atoms with E-state index in [1.165, 1.54) is 38.6 Å². The van der Waals surface area contributed by atoms with E-state index in [2.05, 4.69) is 31.1 Å². The van der Waals surface area contributed by atoms with Crippen LogP contribution in [0.15, 0.2) is 0 Å². The second kappa shape index (κ2) is 8.89. The molecule has 0 saturated heterocycles. The van der Waals surface area contributed by atoms with Gasteiger partial charge in [-0.05, 0) is 39.2 Å². The fraction of sp³-hybridized carbons (Fsp3) is 1.00. The van der Waals surface area contributed by atoms with Gasteiger partial charge in [0.2, 0.25) is 0 Å². The maximum absolute atomic E-state index is 5.25. The standard InChI is InChI=1S/C15H32N2O/c1-5-13(2)17(10-11-18-4)12-15(16-3)14-8-6-7-9-14/h13-16H,5-12H2,1-4H3. The van der Waals surface area contributed by atoms with Crippen molar-refractivity contribution in [3.05, 3.63) is 0 Å². The van der Waals surface area contributed by atoms with Crippen LogP contribution in [0.3, 0.4) is 0 Å². The van der Waals surface area contributed by atoms with E-state index in [0.717, 1.165) is 19.1 Å². The topological polar surface area (TPSA) is 24.5 Å². The van der Waals surface area contributed by atoms with E-state index >= 15 is 0 Å². The minimum atomic E-state index is 0.650. The molecule has 0 bridgehead atoms. The van der Waals surface area contributed by atoms with Crippen LogP contribution in [0.25, 0.3) is 0 Å². The fourth-order valence-corrected chi connectivity index (χ4v) is 3.05. The van der Waals surface area contributed by atoms with Gasteiger partial charge in [0, 0.05) is 32.3 Å². The van der Waals surface area contributed by atoms with E-state index in [-0.39, 0.29) is 0 Å². The van der Waals surface area contributed by atoms with E-state index in [0.29, 0.717) is 12.1 Å². The quantitative estimate of drug-likeness (QED) is 0.686. The first-order chi connectivity index (χ1) is 8.72. The lowest BCUT2D eigenvalue weighted by Gasteiger charge is -2.34. The molecule has 3 heteroatoms. The second-order valence-corrected chi connectivity index (χ2v) is 5.68. The predicted molar refractivity (Wildman–Crippen MR) is 78.0 cm³/mol. The van der Waals surface area contributed by atoms with Gasteiger partial charge in [0.05, 0.1) is 6.61 Å². The third kappa shape index (κ3) is 4.87. The highest BCUT2D eigenvalue weighted by Gasteiger charge is 2.26. The van der Waals surface area contributed by atoms with Crippen molar-refractivity contribution in [3.63, 3.8) is 0 Å². The molecule has 1 saturated carbocycles. The number of rotatable bonds is 9. The SMILES string of the molecule is CCC(C)N(CCOC)CC(NC)C1CCCC1. The Bertz CT molecular complexity index is 205. The molecule has 1 rings (SSSR count). The molecule has 1 N–H and O–H groups in total. The summed E-state index contributed by atoms with van der Waals surface area (Å²) in [6.45, 7) is 7.66. The molecule has 3 nitrogen and oxygen atoms in total. The molecule has 0 aromatic rings. The average molecular weight is 256 g/mol. The van der Waals surface area contributed by atoms with E-state index in [1.54, 1.807) is 7.11 Å². The van der Waals surface area contributed by atoms with E-state index in [9.17, 15) is 0 Å². The first kappa shape index (κ1) is 15.9. The maximum atomic E-state index is 5.25. The van der Waals surface area contributed by atoms with Gasteiger partial charge in [-0.1, -0.05) is 19.8 Å². The van der Waals surface area contributed by atoms with Gasteiger partial charge >= 0.3 is 0 Å². The Balaban J connectivity index is 2.49. The summed E-state index contributed by atoms with van der Waals surface area (Å²) >= 11 is 0. The number of methoxy groups -OCH3 is 1. The van der Waals surface area contributed by atoms with Crippen LogP contribution in [0.4, 0.5) is 0 Å². The highest BCUT2D eigenvalue weighted by atomic mass is 16.5. The van der Waals surface area contributed by atoms with Crippen LogP contribution in [-0.2, 0) is 4.74 Å². The molecule has 1 aliphatic rings. The first-order valence-corrected chi connectivity index (χ1v) is 7.63. The smallest absolute Gasteiger partial charge is 0.0589 e. The van der Waals surface area contributed by atoms with Crippen LogP contribution >= 0.6 is 0 Å². The van der Waals surface area contributed by atoms with Crippen LogP contribution in [0.1, 0.15) is 46.0 Å². The largest absolute Gasteiger partial charge is 0.383 e. The van der Waals surface area contributed by atoms with Crippen molar-refractivity contribution in [1.82, 2.24) is 10.2 Å². The van der Waals surface area contributed by atoms with Crippen molar-refractivity contribution in [1.29, 1.82) is 0 Å². The molecule has 2 atom stereocenters. The summed E-state index contributed by atoms with van der Waals surface area (Å²) in [6, 6.07) is 1.30. The van der Waals surface area contributed by atoms with Crippen LogP contribution < -0.4 is 5.32 Å². The lowest BCUT2D eigenvalue weighted by Crippen LogP contribution is -2.47. The monoisotopic (exact) mass is 256 g/mol. The van der Waals surface area contributed by atoms with Crippen molar-refractivity contribution in [2.75, 3.05) is 33.9 Å². The molecule has 0 aromatic heterocycles. The molecular formula is C15H32N2O. The lowest BCUT2D eigenvalue weighted by atomic mass is 9.97. The van der Waals surface area contributed by atoms with Crippen molar-refractivity contribution in [2.45, 2.75) is 58.0 Å². The van der Waals surface area contributed by atoms with E-state index < -0.39 is 0 Å². The van der Waals surface area contributed by atoms with Gasteiger partial charge < -0.3 is 10.1 Å². The number of hydrogen-bond donors (Lipinski definition) is 1. The minimum Gasteiger partial charge on any atom is -0.383 e. The average Bonchev–Trinajstić information content (AvgIpc) is 2.92. The van der Waals surface area contributed by atoms with E-state index in [1.807, 2.05) is 0 Å². The Morgan fingerprint density at radius 2 is 2.00 bits per heavy atom. The van der Waals surface area contributed by atoms with Crippen molar-refractivity contribution in [3.8, 4) is 0 Å². The summed E-state index contributed by atoms with van der Waals surface area (Å²) in [5.41, 5.74) is 0. The van der Waals surface area contributed by atoms with Crippen molar-refractivity contribution < 1.29 is 4.74 Å². The van der Waals surface area contributed by atoms with Crippen LogP contribution in [0, 0.1) is 5.92 Å². The molecule has 18 heavy (non-hydrogen) atoms. The van der Waals surface area contributed by atoms with Gasteiger partial charge in [-0.3, -0.25) is 4.90 Å². The molecule has 0 aromatic carbocycles. The highest BCUT2D eigenvalue weighted by Crippen LogP contribution is 2.28. The lowest BCUT2D eigenvalue weighted by molar-refractivity contribution is 0.107. The molecule has 0 amide bonds.